The predicted octanol–water partition coefficient (Wildman–Crippen LogP) is 3.00. The Labute approximate surface area is 114 Å². The molecule has 0 N–H and O–H groups in total. The second-order valence-electron chi connectivity index (χ2n) is 4.29. The molecule has 0 bridgehead atoms. The molecule has 0 radical (unpaired) electrons. The number of ether oxygens (including phenoxy) is 2. The van der Waals surface area contributed by atoms with Crippen molar-refractivity contribution in [2.75, 3.05) is 20.3 Å². The van der Waals surface area contributed by atoms with E-state index in [4.69, 9.17) is 21.1 Å². The highest BCUT2D eigenvalue weighted by Gasteiger charge is 2.38. The molecule has 0 aromatic carbocycles. The number of halogens is 1. The van der Waals surface area contributed by atoms with Gasteiger partial charge in [-0.3, -0.25) is 0 Å². The summed E-state index contributed by atoms with van der Waals surface area (Å²) in [7, 11) is 1.70. The standard InChI is InChI=1S/C12H13ClN2O2S/c1-16-12(3-5-17-6-4-12)11-14-9(13)8-2-7-18-10(8)15-11/h2,7H,3-6H2,1H3. The molecule has 0 atom stereocenters. The Morgan fingerprint density at radius 2 is 2.17 bits per heavy atom. The van der Waals surface area contributed by atoms with Crippen molar-refractivity contribution in [3.63, 3.8) is 0 Å². The second-order valence-corrected chi connectivity index (χ2v) is 5.54. The topological polar surface area (TPSA) is 44.2 Å². The van der Waals surface area contributed by atoms with Crippen molar-refractivity contribution in [2.24, 2.45) is 0 Å². The van der Waals surface area contributed by atoms with E-state index >= 15 is 0 Å². The van der Waals surface area contributed by atoms with Gasteiger partial charge in [0.2, 0.25) is 0 Å². The average molecular weight is 285 g/mol. The van der Waals surface area contributed by atoms with Gasteiger partial charge in [-0.2, -0.15) is 0 Å². The molecule has 4 nitrogen and oxygen atoms in total. The van der Waals surface area contributed by atoms with Crippen LogP contribution < -0.4 is 0 Å². The molecule has 0 saturated carbocycles. The predicted molar refractivity (Wildman–Crippen MR) is 71.2 cm³/mol. The van der Waals surface area contributed by atoms with E-state index in [0.29, 0.717) is 24.2 Å². The van der Waals surface area contributed by atoms with Crippen LogP contribution >= 0.6 is 22.9 Å². The molecule has 1 fully saturated rings. The van der Waals surface area contributed by atoms with Crippen molar-refractivity contribution in [3.05, 3.63) is 22.4 Å². The summed E-state index contributed by atoms with van der Waals surface area (Å²) in [6.07, 6.45) is 1.52. The summed E-state index contributed by atoms with van der Waals surface area (Å²) >= 11 is 7.78. The first-order valence-corrected chi connectivity index (χ1v) is 7.05. The number of methoxy groups -OCH3 is 1. The summed E-state index contributed by atoms with van der Waals surface area (Å²) in [4.78, 5) is 9.94. The molecule has 6 heteroatoms. The lowest BCUT2D eigenvalue weighted by Crippen LogP contribution is -2.37. The molecular formula is C12H13ClN2O2S. The Bertz CT molecular complexity index is 566. The van der Waals surface area contributed by atoms with Gasteiger partial charge >= 0.3 is 0 Å². The van der Waals surface area contributed by atoms with Crippen LogP contribution in [0.2, 0.25) is 5.15 Å². The Morgan fingerprint density at radius 1 is 1.39 bits per heavy atom. The molecule has 3 heterocycles. The van der Waals surface area contributed by atoms with Gasteiger partial charge in [-0.05, 0) is 11.4 Å². The zero-order chi connectivity index (χ0) is 12.6. The smallest absolute Gasteiger partial charge is 0.163 e. The second kappa shape index (κ2) is 4.74. The third-order valence-corrected chi connectivity index (χ3v) is 4.47. The number of hydrogen-bond donors (Lipinski definition) is 0. The molecule has 18 heavy (non-hydrogen) atoms. The summed E-state index contributed by atoms with van der Waals surface area (Å²) in [5.41, 5.74) is -0.458. The Morgan fingerprint density at radius 3 is 2.89 bits per heavy atom. The number of rotatable bonds is 2. The monoisotopic (exact) mass is 284 g/mol. The number of hydrogen-bond acceptors (Lipinski definition) is 5. The summed E-state index contributed by atoms with van der Waals surface area (Å²) in [6.45, 7) is 1.33. The van der Waals surface area contributed by atoms with Crippen LogP contribution in [0, 0.1) is 0 Å². The van der Waals surface area contributed by atoms with E-state index in [9.17, 15) is 0 Å². The van der Waals surface area contributed by atoms with E-state index in [1.165, 1.54) is 0 Å². The van der Waals surface area contributed by atoms with Crippen LogP contribution in [0.5, 0.6) is 0 Å². The minimum Gasteiger partial charge on any atom is -0.381 e. The van der Waals surface area contributed by atoms with Gasteiger partial charge in [-0.15, -0.1) is 11.3 Å². The van der Waals surface area contributed by atoms with Crippen LogP contribution in [-0.4, -0.2) is 30.3 Å². The van der Waals surface area contributed by atoms with Crippen molar-refractivity contribution in [1.29, 1.82) is 0 Å². The van der Waals surface area contributed by atoms with Gasteiger partial charge in [0.1, 0.15) is 15.6 Å². The van der Waals surface area contributed by atoms with Gasteiger partial charge in [0.15, 0.2) is 5.82 Å². The summed E-state index contributed by atoms with van der Waals surface area (Å²) in [5.74, 6) is 0.674. The first-order valence-electron chi connectivity index (χ1n) is 5.79. The van der Waals surface area contributed by atoms with E-state index in [1.807, 2.05) is 11.4 Å². The summed E-state index contributed by atoms with van der Waals surface area (Å²) in [5, 5.41) is 3.38. The molecule has 0 aliphatic carbocycles. The minimum absolute atomic E-state index is 0.458. The maximum atomic E-state index is 6.21. The van der Waals surface area contributed by atoms with E-state index in [1.54, 1.807) is 18.4 Å². The third kappa shape index (κ3) is 1.91. The Kier molecular flexibility index (Phi) is 3.23. The van der Waals surface area contributed by atoms with Crippen LogP contribution in [0.25, 0.3) is 10.2 Å². The highest BCUT2D eigenvalue weighted by molar-refractivity contribution is 7.16. The fourth-order valence-electron chi connectivity index (χ4n) is 2.24. The largest absolute Gasteiger partial charge is 0.381 e. The maximum absolute atomic E-state index is 6.21. The molecule has 1 saturated heterocycles. The molecule has 0 unspecified atom stereocenters. The van der Waals surface area contributed by atoms with Gasteiger partial charge in [0, 0.05) is 38.6 Å². The van der Waals surface area contributed by atoms with Crippen molar-refractivity contribution >= 4 is 33.2 Å². The lowest BCUT2D eigenvalue weighted by Gasteiger charge is -2.34. The van der Waals surface area contributed by atoms with Crippen LogP contribution in [0.15, 0.2) is 11.4 Å². The molecule has 3 rings (SSSR count). The first kappa shape index (κ1) is 12.3. The summed E-state index contributed by atoms with van der Waals surface area (Å²) in [6, 6.07) is 1.94. The lowest BCUT2D eigenvalue weighted by atomic mass is 9.93. The van der Waals surface area contributed by atoms with E-state index in [-0.39, 0.29) is 0 Å². The van der Waals surface area contributed by atoms with E-state index in [2.05, 4.69) is 9.97 Å². The van der Waals surface area contributed by atoms with Crippen molar-refractivity contribution in [3.8, 4) is 0 Å². The quantitative estimate of drug-likeness (QED) is 0.795. The zero-order valence-corrected chi connectivity index (χ0v) is 11.6. The SMILES string of the molecule is COC1(c2nc(Cl)c3ccsc3n2)CCOCC1. The average Bonchev–Trinajstić information content (AvgIpc) is 2.88. The fraction of sp³-hybridized carbons (Fsp3) is 0.500. The number of aromatic nitrogens is 2. The van der Waals surface area contributed by atoms with Crippen molar-refractivity contribution in [2.45, 2.75) is 18.4 Å². The van der Waals surface area contributed by atoms with E-state index < -0.39 is 5.60 Å². The highest BCUT2D eigenvalue weighted by atomic mass is 35.5. The van der Waals surface area contributed by atoms with Crippen LogP contribution in [0.3, 0.4) is 0 Å². The highest BCUT2D eigenvalue weighted by Crippen LogP contribution is 2.36. The normalized spacial score (nSPS) is 19.2. The Balaban J connectivity index is 2.11. The van der Waals surface area contributed by atoms with E-state index in [0.717, 1.165) is 23.1 Å². The van der Waals surface area contributed by atoms with Crippen LogP contribution in [0.1, 0.15) is 18.7 Å². The maximum Gasteiger partial charge on any atom is 0.163 e. The van der Waals surface area contributed by atoms with Gasteiger partial charge in [-0.25, -0.2) is 9.97 Å². The van der Waals surface area contributed by atoms with Crippen LogP contribution in [-0.2, 0) is 15.1 Å². The molecule has 96 valence electrons. The molecule has 2 aromatic rings. The van der Waals surface area contributed by atoms with Gasteiger partial charge in [0.05, 0.1) is 0 Å². The first-order chi connectivity index (χ1) is 8.75. The molecular weight excluding hydrogens is 272 g/mol. The molecule has 1 aliphatic heterocycles. The zero-order valence-electron chi connectivity index (χ0n) is 9.98. The minimum atomic E-state index is -0.458. The molecule has 2 aromatic heterocycles. The van der Waals surface area contributed by atoms with Gasteiger partial charge in [0.25, 0.3) is 0 Å². The lowest BCUT2D eigenvalue weighted by molar-refractivity contribution is -0.0997. The fourth-order valence-corrected chi connectivity index (χ4v) is 3.30. The third-order valence-electron chi connectivity index (χ3n) is 3.38. The number of thiophene rings is 1. The van der Waals surface area contributed by atoms with Gasteiger partial charge < -0.3 is 9.47 Å². The van der Waals surface area contributed by atoms with Gasteiger partial charge in [-0.1, -0.05) is 11.6 Å². The number of fused-ring (bicyclic) bond motifs is 1. The molecule has 0 amide bonds. The summed E-state index contributed by atoms with van der Waals surface area (Å²) < 4.78 is 11.1. The number of nitrogens with zero attached hydrogens (tertiary/aromatic N) is 2. The van der Waals surface area contributed by atoms with Crippen molar-refractivity contribution in [1.82, 2.24) is 9.97 Å². The molecule has 1 aliphatic rings. The molecule has 0 spiro atoms. The Hall–Kier alpha value is -0.750. The van der Waals surface area contributed by atoms with Crippen molar-refractivity contribution < 1.29 is 9.47 Å². The van der Waals surface area contributed by atoms with Crippen LogP contribution in [0.4, 0.5) is 0 Å².